The van der Waals surface area contributed by atoms with Crippen molar-refractivity contribution in [2.75, 3.05) is 6.61 Å². The predicted molar refractivity (Wildman–Crippen MR) is 111 cm³/mol. The molecule has 0 spiro atoms. The molecule has 1 aromatic heterocycles. The summed E-state index contributed by atoms with van der Waals surface area (Å²) in [5.41, 5.74) is 6.10. The van der Waals surface area contributed by atoms with Crippen LogP contribution in [0.1, 0.15) is 35.4 Å². The molecule has 0 saturated carbocycles. The van der Waals surface area contributed by atoms with Gasteiger partial charge in [0.25, 0.3) is 5.91 Å². The highest BCUT2D eigenvalue weighted by molar-refractivity contribution is 9.10. The number of ether oxygens (including phenoxy) is 1. The topological polar surface area (TPSA) is 95.1 Å². The van der Waals surface area contributed by atoms with Crippen molar-refractivity contribution in [1.29, 1.82) is 0 Å². The molecule has 3 N–H and O–H groups in total. The van der Waals surface area contributed by atoms with E-state index in [1.54, 1.807) is 18.5 Å². The van der Waals surface area contributed by atoms with Gasteiger partial charge >= 0.3 is 0 Å². The minimum absolute atomic E-state index is 0.00400. The number of nitrogens with zero attached hydrogens (tertiary/aromatic N) is 3. The van der Waals surface area contributed by atoms with Gasteiger partial charge in [0.1, 0.15) is 29.5 Å². The molecule has 29 heavy (non-hydrogen) atoms. The average molecular weight is 462 g/mol. The molecule has 0 bridgehead atoms. The summed E-state index contributed by atoms with van der Waals surface area (Å²) in [5.74, 6) is 0.116. The lowest BCUT2D eigenvalue weighted by atomic mass is 10.1. The number of amides is 1. The number of fused-ring (bicyclic) bond motifs is 2. The fourth-order valence-corrected chi connectivity index (χ4v) is 3.12. The van der Waals surface area contributed by atoms with E-state index >= 15 is 0 Å². The zero-order chi connectivity index (χ0) is 20.8. The Balaban J connectivity index is 1.91. The molecule has 7 nitrogen and oxygen atoms in total. The van der Waals surface area contributed by atoms with Gasteiger partial charge in [0.15, 0.2) is 0 Å². The fraction of sp³-hybridized carbons (Fsp3) is 0.250. The van der Waals surface area contributed by atoms with Gasteiger partial charge in [-0.3, -0.25) is 4.79 Å². The van der Waals surface area contributed by atoms with Crippen LogP contribution in [0, 0.1) is 5.82 Å². The lowest BCUT2D eigenvalue weighted by Gasteiger charge is -2.12. The Morgan fingerprint density at radius 2 is 2.21 bits per heavy atom. The van der Waals surface area contributed by atoms with Gasteiger partial charge in [-0.2, -0.15) is 0 Å². The minimum atomic E-state index is -0.515. The van der Waals surface area contributed by atoms with Crippen LogP contribution in [0.2, 0.25) is 0 Å². The Morgan fingerprint density at radius 1 is 1.38 bits per heavy atom. The number of allylic oxidation sites excluding steroid dienone is 4. The maximum absolute atomic E-state index is 13.9. The number of hydrogen-bond acceptors (Lipinski definition) is 5. The Bertz CT molecular complexity index is 983. The molecule has 0 radical (unpaired) electrons. The van der Waals surface area contributed by atoms with Crippen molar-refractivity contribution in [1.82, 2.24) is 20.1 Å². The van der Waals surface area contributed by atoms with E-state index in [0.717, 1.165) is 5.82 Å². The summed E-state index contributed by atoms with van der Waals surface area (Å²) in [4.78, 5) is 12.6. The standard InChI is InChI=1S/C20H21BrFN5O2/c1-13-6-5-7-18(23)25-20(28)14-10-15(21)16(22)11-17(14)29-9-4-2-3-8-27-12-24-26-19(13)27/h2-3,5-7,10-13H,4,8-9,23H2,1H3,(H,25,28)/b3-2-,6-5-,18-7+. The summed E-state index contributed by atoms with van der Waals surface area (Å²) in [6, 6.07) is 2.56. The molecule has 1 atom stereocenters. The zero-order valence-corrected chi connectivity index (χ0v) is 17.4. The fourth-order valence-electron chi connectivity index (χ4n) is 2.78. The van der Waals surface area contributed by atoms with Crippen LogP contribution in [-0.4, -0.2) is 27.3 Å². The number of carbonyl (C=O) groups excluding carboxylic acids is 1. The van der Waals surface area contributed by atoms with Crippen LogP contribution >= 0.6 is 15.9 Å². The van der Waals surface area contributed by atoms with Gasteiger partial charge in [-0.15, -0.1) is 10.2 Å². The van der Waals surface area contributed by atoms with E-state index in [1.165, 1.54) is 12.1 Å². The third-order valence-electron chi connectivity index (χ3n) is 4.26. The van der Waals surface area contributed by atoms with Gasteiger partial charge in [-0.1, -0.05) is 31.2 Å². The number of nitrogens with one attached hydrogen (secondary N) is 1. The summed E-state index contributed by atoms with van der Waals surface area (Å²) < 4.78 is 21.7. The molecule has 1 amide bonds. The second-order valence-corrected chi connectivity index (χ2v) is 7.32. The maximum Gasteiger partial charge on any atom is 0.260 e. The highest BCUT2D eigenvalue weighted by Gasteiger charge is 2.17. The van der Waals surface area contributed by atoms with Crippen molar-refractivity contribution in [2.24, 2.45) is 5.73 Å². The van der Waals surface area contributed by atoms with Gasteiger partial charge in [0.2, 0.25) is 0 Å². The minimum Gasteiger partial charge on any atom is -0.492 e. The first-order chi connectivity index (χ1) is 14.0. The van der Waals surface area contributed by atoms with Crippen LogP contribution in [0.25, 0.3) is 0 Å². The molecule has 1 unspecified atom stereocenters. The van der Waals surface area contributed by atoms with Gasteiger partial charge in [-0.25, -0.2) is 4.39 Å². The maximum atomic E-state index is 13.9. The number of rotatable bonds is 0. The number of benzene rings is 1. The number of halogens is 2. The lowest BCUT2D eigenvalue weighted by Crippen LogP contribution is -2.27. The summed E-state index contributed by atoms with van der Waals surface area (Å²) in [7, 11) is 0. The Morgan fingerprint density at radius 3 is 3.03 bits per heavy atom. The quantitative estimate of drug-likeness (QED) is 0.586. The van der Waals surface area contributed by atoms with Crippen molar-refractivity contribution in [3.05, 3.63) is 76.3 Å². The molecule has 1 aliphatic heterocycles. The molecule has 0 aliphatic carbocycles. The highest BCUT2D eigenvalue weighted by atomic mass is 79.9. The van der Waals surface area contributed by atoms with Crippen LogP contribution in [0.3, 0.4) is 0 Å². The monoisotopic (exact) mass is 461 g/mol. The van der Waals surface area contributed by atoms with E-state index in [1.807, 2.05) is 29.7 Å². The highest BCUT2D eigenvalue weighted by Crippen LogP contribution is 2.27. The second kappa shape index (κ2) is 9.51. The number of nitrogens with two attached hydrogens (primary N) is 1. The van der Waals surface area contributed by atoms with Crippen molar-refractivity contribution < 1.29 is 13.9 Å². The predicted octanol–water partition coefficient (Wildman–Crippen LogP) is 3.41. The smallest absolute Gasteiger partial charge is 0.260 e. The van der Waals surface area contributed by atoms with Crippen LogP contribution in [0.15, 0.2) is 59.1 Å². The second-order valence-electron chi connectivity index (χ2n) is 6.46. The van der Waals surface area contributed by atoms with Crippen molar-refractivity contribution >= 4 is 21.8 Å². The zero-order valence-electron chi connectivity index (χ0n) is 15.8. The van der Waals surface area contributed by atoms with Crippen LogP contribution < -0.4 is 15.8 Å². The van der Waals surface area contributed by atoms with Gasteiger partial charge in [0.05, 0.1) is 16.6 Å². The summed E-state index contributed by atoms with van der Waals surface area (Å²) in [6.45, 7) is 2.90. The summed E-state index contributed by atoms with van der Waals surface area (Å²) in [6.07, 6.45) is 11.4. The number of hydrogen-bond donors (Lipinski definition) is 2. The molecular weight excluding hydrogens is 441 g/mol. The molecular formula is C20H21BrFN5O2. The third kappa shape index (κ3) is 5.32. The van der Waals surface area contributed by atoms with E-state index < -0.39 is 11.7 Å². The lowest BCUT2D eigenvalue weighted by molar-refractivity contribution is 0.0961. The molecule has 0 saturated heterocycles. The molecule has 1 aromatic carbocycles. The molecule has 1 aliphatic rings. The van der Waals surface area contributed by atoms with Crippen molar-refractivity contribution in [3.8, 4) is 5.75 Å². The first-order valence-electron chi connectivity index (χ1n) is 9.05. The summed E-state index contributed by atoms with van der Waals surface area (Å²) in [5, 5.41) is 10.7. The van der Waals surface area contributed by atoms with E-state index in [-0.39, 0.29) is 34.1 Å². The summed E-state index contributed by atoms with van der Waals surface area (Å²) >= 11 is 3.10. The van der Waals surface area contributed by atoms with E-state index in [9.17, 15) is 9.18 Å². The van der Waals surface area contributed by atoms with Gasteiger partial charge in [-0.05, 0) is 34.5 Å². The number of carbonyl (C=O) groups is 1. The van der Waals surface area contributed by atoms with Crippen molar-refractivity contribution in [3.63, 3.8) is 0 Å². The van der Waals surface area contributed by atoms with E-state index in [4.69, 9.17) is 10.5 Å². The van der Waals surface area contributed by atoms with Crippen LogP contribution in [0.5, 0.6) is 5.75 Å². The number of aromatic nitrogens is 3. The molecule has 2 heterocycles. The molecule has 152 valence electrons. The van der Waals surface area contributed by atoms with Crippen molar-refractivity contribution in [2.45, 2.75) is 25.8 Å². The molecule has 3 rings (SSSR count). The Kier molecular flexibility index (Phi) is 6.82. The Labute approximate surface area is 176 Å². The SMILES string of the molecule is CC1/C=C\C=C(/N)NC(=O)c2cc(Br)c(F)cc2OCC/C=C\Cn2cnnc21. The third-order valence-corrected chi connectivity index (χ3v) is 4.87. The Hall–Kier alpha value is -2.94. The van der Waals surface area contributed by atoms with Crippen LogP contribution in [-0.2, 0) is 6.54 Å². The molecule has 9 heteroatoms. The van der Waals surface area contributed by atoms with Gasteiger partial charge in [0, 0.05) is 18.5 Å². The normalized spacial score (nSPS) is 22.1. The first-order valence-corrected chi connectivity index (χ1v) is 9.85. The largest absolute Gasteiger partial charge is 0.492 e. The van der Waals surface area contributed by atoms with E-state index in [2.05, 4.69) is 31.4 Å². The van der Waals surface area contributed by atoms with Gasteiger partial charge < -0.3 is 20.4 Å². The first kappa shape index (κ1) is 20.8. The molecule has 0 fully saturated rings. The van der Waals surface area contributed by atoms with Crippen LogP contribution in [0.4, 0.5) is 4.39 Å². The molecule has 2 aromatic rings. The van der Waals surface area contributed by atoms with E-state index in [0.29, 0.717) is 13.0 Å². The average Bonchev–Trinajstić information content (AvgIpc) is 3.14.